The van der Waals surface area contributed by atoms with Crippen molar-refractivity contribution in [3.8, 4) is 0 Å². The van der Waals surface area contributed by atoms with Gasteiger partial charge in [-0.1, -0.05) is 6.07 Å². The lowest BCUT2D eigenvalue weighted by atomic mass is 9.76. The molecule has 1 aliphatic carbocycles. The molecule has 1 aromatic carbocycles. The van der Waals surface area contributed by atoms with Gasteiger partial charge in [-0.25, -0.2) is 0 Å². The van der Waals surface area contributed by atoms with Gasteiger partial charge in [-0.05, 0) is 66.2 Å². The number of rotatable bonds is 3. The number of anilines is 1. The van der Waals surface area contributed by atoms with Gasteiger partial charge in [-0.3, -0.25) is 0 Å². The molecule has 21 heavy (non-hydrogen) atoms. The summed E-state index contributed by atoms with van der Waals surface area (Å²) in [4.78, 5) is 0. The molecule has 1 fully saturated rings. The van der Waals surface area contributed by atoms with E-state index in [9.17, 15) is 13.2 Å². The van der Waals surface area contributed by atoms with E-state index in [-0.39, 0.29) is 12.8 Å². The summed E-state index contributed by atoms with van der Waals surface area (Å²) in [5.74, 6) is -1.19. The molecule has 0 atom stereocenters. The summed E-state index contributed by atoms with van der Waals surface area (Å²) in [6.07, 6.45) is -2.94. The summed E-state index contributed by atoms with van der Waals surface area (Å²) in [5.41, 5.74) is 7.41. The summed E-state index contributed by atoms with van der Waals surface area (Å²) >= 11 is 3.47. The Morgan fingerprint density at radius 2 is 1.95 bits per heavy atom. The third-order valence-corrected chi connectivity index (χ3v) is 5.01. The Kier molecular flexibility index (Phi) is 4.88. The van der Waals surface area contributed by atoms with Crippen LogP contribution in [0.5, 0.6) is 0 Å². The number of hydrogen-bond acceptors (Lipinski definition) is 2. The number of nitrogens with one attached hydrogen (secondary N) is 1. The summed E-state index contributed by atoms with van der Waals surface area (Å²) < 4.78 is 39.2. The molecule has 1 saturated carbocycles. The summed E-state index contributed by atoms with van der Waals surface area (Å²) in [7, 11) is 0. The van der Waals surface area contributed by atoms with Gasteiger partial charge in [0.1, 0.15) is 0 Å². The molecule has 0 bridgehead atoms. The van der Waals surface area contributed by atoms with Crippen molar-refractivity contribution >= 4 is 21.6 Å². The van der Waals surface area contributed by atoms with Crippen LogP contribution in [0.1, 0.15) is 31.2 Å². The highest BCUT2D eigenvalue weighted by molar-refractivity contribution is 9.10. The standard InChI is InChI=1S/C15H20BrF3N2/c1-10-2-3-12(16)13(8-10)21-14(9-20)6-4-11(5-7-14)15(17,18)19/h2-3,8,11,21H,4-7,9,20H2,1H3. The lowest BCUT2D eigenvalue weighted by Crippen LogP contribution is -2.49. The van der Waals surface area contributed by atoms with Crippen molar-refractivity contribution in [1.82, 2.24) is 0 Å². The molecule has 6 heteroatoms. The number of nitrogens with two attached hydrogens (primary N) is 1. The molecule has 0 saturated heterocycles. The zero-order valence-corrected chi connectivity index (χ0v) is 13.5. The van der Waals surface area contributed by atoms with Crippen molar-refractivity contribution in [3.05, 3.63) is 28.2 Å². The van der Waals surface area contributed by atoms with Crippen LogP contribution in [0, 0.1) is 12.8 Å². The normalized spacial score (nSPS) is 26.7. The molecule has 0 amide bonds. The fraction of sp³-hybridized carbons (Fsp3) is 0.600. The SMILES string of the molecule is Cc1ccc(Br)c(NC2(CN)CCC(C(F)(F)F)CC2)c1. The minimum atomic E-state index is -4.09. The minimum absolute atomic E-state index is 0.136. The van der Waals surface area contributed by atoms with Gasteiger partial charge in [0.2, 0.25) is 0 Å². The highest BCUT2D eigenvalue weighted by Crippen LogP contribution is 2.42. The van der Waals surface area contributed by atoms with Crippen molar-refractivity contribution in [1.29, 1.82) is 0 Å². The van der Waals surface area contributed by atoms with Gasteiger partial charge in [0.15, 0.2) is 0 Å². The lowest BCUT2D eigenvalue weighted by molar-refractivity contribution is -0.183. The van der Waals surface area contributed by atoms with E-state index in [1.807, 2.05) is 25.1 Å². The first-order valence-corrected chi connectivity index (χ1v) is 7.86. The molecule has 2 nitrogen and oxygen atoms in total. The smallest absolute Gasteiger partial charge is 0.377 e. The van der Waals surface area contributed by atoms with Crippen molar-refractivity contribution in [2.24, 2.45) is 11.7 Å². The van der Waals surface area contributed by atoms with Gasteiger partial charge in [-0.2, -0.15) is 13.2 Å². The van der Waals surface area contributed by atoms with Crippen LogP contribution >= 0.6 is 15.9 Å². The van der Waals surface area contributed by atoms with Crippen LogP contribution in [-0.2, 0) is 0 Å². The van der Waals surface area contributed by atoms with Gasteiger partial charge in [0, 0.05) is 22.2 Å². The highest BCUT2D eigenvalue weighted by Gasteiger charge is 2.45. The molecular weight excluding hydrogens is 345 g/mol. The molecule has 3 N–H and O–H groups in total. The second kappa shape index (κ2) is 6.16. The molecule has 0 radical (unpaired) electrons. The van der Waals surface area contributed by atoms with E-state index in [4.69, 9.17) is 5.73 Å². The van der Waals surface area contributed by atoms with Crippen LogP contribution < -0.4 is 11.1 Å². The van der Waals surface area contributed by atoms with Crippen LogP contribution in [0.3, 0.4) is 0 Å². The molecule has 1 aliphatic rings. The van der Waals surface area contributed by atoms with Gasteiger partial charge in [0.05, 0.1) is 5.92 Å². The Labute approximate surface area is 131 Å². The first kappa shape index (κ1) is 16.6. The summed E-state index contributed by atoms with van der Waals surface area (Å²) in [6.45, 7) is 2.31. The van der Waals surface area contributed by atoms with E-state index in [1.54, 1.807) is 0 Å². The third-order valence-electron chi connectivity index (χ3n) is 4.32. The second-order valence-electron chi connectivity index (χ2n) is 5.91. The summed E-state index contributed by atoms with van der Waals surface area (Å²) in [5, 5.41) is 3.39. The van der Waals surface area contributed by atoms with E-state index in [0.717, 1.165) is 15.7 Å². The number of benzene rings is 1. The molecule has 118 valence electrons. The minimum Gasteiger partial charge on any atom is -0.377 e. The van der Waals surface area contributed by atoms with E-state index in [1.165, 1.54) is 0 Å². The van der Waals surface area contributed by atoms with Crippen LogP contribution in [0.4, 0.5) is 18.9 Å². The van der Waals surface area contributed by atoms with Gasteiger partial charge < -0.3 is 11.1 Å². The summed E-state index contributed by atoms with van der Waals surface area (Å²) in [6, 6.07) is 5.89. The predicted molar refractivity (Wildman–Crippen MR) is 82.3 cm³/mol. The van der Waals surface area contributed by atoms with Crippen molar-refractivity contribution in [2.45, 2.75) is 44.3 Å². The molecule has 0 spiro atoms. The monoisotopic (exact) mass is 364 g/mol. The van der Waals surface area contributed by atoms with Gasteiger partial charge in [0.25, 0.3) is 0 Å². The molecule has 0 heterocycles. The number of hydrogen-bond donors (Lipinski definition) is 2. The Bertz CT molecular complexity index is 494. The van der Waals surface area contributed by atoms with Crippen molar-refractivity contribution < 1.29 is 13.2 Å². The van der Waals surface area contributed by atoms with E-state index in [2.05, 4.69) is 21.2 Å². The zero-order valence-electron chi connectivity index (χ0n) is 11.9. The fourth-order valence-electron chi connectivity index (χ4n) is 2.90. The number of halogens is 4. The van der Waals surface area contributed by atoms with E-state index in [0.29, 0.717) is 19.4 Å². The first-order valence-electron chi connectivity index (χ1n) is 7.07. The maximum atomic E-state index is 12.8. The molecule has 0 unspecified atom stereocenters. The van der Waals surface area contributed by atoms with Gasteiger partial charge in [-0.15, -0.1) is 0 Å². The quantitative estimate of drug-likeness (QED) is 0.820. The van der Waals surface area contributed by atoms with Crippen LogP contribution in [0.2, 0.25) is 0 Å². The third kappa shape index (κ3) is 3.92. The van der Waals surface area contributed by atoms with Crippen LogP contribution in [-0.4, -0.2) is 18.3 Å². The molecule has 1 aromatic rings. The molecular formula is C15H20BrF3N2. The maximum Gasteiger partial charge on any atom is 0.391 e. The predicted octanol–water partition coefficient (Wildman–Crippen LogP) is 4.62. The van der Waals surface area contributed by atoms with E-state index >= 15 is 0 Å². The topological polar surface area (TPSA) is 38.0 Å². The highest BCUT2D eigenvalue weighted by atomic mass is 79.9. The molecule has 0 aromatic heterocycles. The van der Waals surface area contributed by atoms with Crippen molar-refractivity contribution in [2.75, 3.05) is 11.9 Å². The number of alkyl halides is 3. The van der Waals surface area contributed by atoms with Crippen molar-refractivity contribution in [3.63, 3.8) is 0 Å². The Morgan fingerprint density at radius 3 is 2.48 bits per heavy atom. The average Bonchev–Trinajstić information content (AvgIpc) is 2.42. The molecule has 0 aliphatic heterocycles. The average molecular weight is 365 g/mol. The number of aryl methyl sites for hydroxylation is 1. The second-order valence-corrected chi connectivity index (χ2v) is 6.76. The van der Waals surface area contributed by atoms with E-state index < -0.39 is 17.6 Å². The Balaban J connectivity index is 2.12. The lowest BCUT2D eigenvalue weighted by Gasteiger charge is -2.41. The zero-order chi connectivity index (χ0) is 15.7. The maximum absolute atomic E-state index is 12.8. The Morgan fingerprint density at radius 1 is 1.33 bits per heavy atom. The Hall–Kier alpha value is -0.750. The first-order chi connectivity index (χ1) is 9.76. The largest absolute Gasteiger partial charge is 0.391 e. The molecule has 2 rings (SSSR count). The van der Waals surface area contributed by atoms with Gasteiger partial charge >= 0.3 is 6.18 Å². The van der Waals surface area contributed by atoms with Crippen LogP contribution in [0.15, 0.2) is 22.7 Å². The van der Waals surface area contributed by atoms with Crippen LogP contribution in [0.25, 0.3) is 0 Å². The fourth-order valence-corrected chi connectivity index (χ4v) is 3.24.